The molecule has 0 spiro atoms. The zero-order chi connectivity index (χ0) is 6.78. The highest BCUT2D eigenvalue weighted by atomic mass is 35.5. The summed E-state index contributed by atoms with van der Waals surface area (Å²) < 4.78 is 0. The first-order valence-corrected chi connectivity index (χ1v) is 2.98. The average Bonchev–Trinajstić information content (AvgIpc) is 1.67. The van der Waals surface area contributed by atoms with Crippen LogP contribution in [0, 0.1) is 0 Å². The molecule has 8 heavy (non-hydrogen) atoms. The maximum atomic E-state index is 9.17. The van der Waals surface area contributed by atoms with Crippen molar-refractivity contribution < 1.29 is 5.11 Å². The van der Waals surface area contributed by atoms with Gasteiger partial charge in [0.1, 0.15) is 0 Å². The molecular formula is C6H11ClO. The Labute approximate surface area is 55.0 Å². The molecule has 0 aromatic rings. The molecule has 1 nitrogen and oxygen atoms in total. The second kappa shape index (κ2) is 2.51. The zero-order valence-corrected chi connectivity index (χ0v) is 6.00. The van der Waals surface area contributed by atoms with Gasteiger partial charge in [-0.2, -0.15) is 0 Å². The van der Waals surface area contributed by atoms with Gasteiger partial charge in [0.2, 0.25) is 0 Å². The number of alkyl halides is 1. The second-order valence-electron chi connectivity index (χ2n) is 2.19. The van der Waals surface area contributed by atoms with Gasteiger partial charge in [-0.1, -0.05) is 6.58 Å². The third-order valence-corrected chi connectivity index (χ3v) is 1.70. The summed E-state index contributed by atoms with van der Waals surface area (Å²) in [5.41, 5.74) is -0.186. The highest BCUT2D eigenvalue weighted by Crippen LogP contribution is 2.14. The predicted molar refractivity (Wildman–Crippen MR) is 36.2 cm³/mol. The van der Waals surface area contributed by atoms with Gasteiger partial charge in [0.15, 0.2) is 0 Å². The smallest absolute Gasteiger partial charge is 0.0958 e. The van der Waals surface area contributed by atoms with E-state index in [0.717, 1.165) is 0 Å². The Morgan fingerprint density at radius 3 is 2.25 bits per heavy atom. The topological polar surface area (TPSA) is 20.2 Å². The van der Waals surface area contributed by atoms with Gasteiger partial charge in [-0.05, 0) is 19.4 Å². The van der Waals surface area contributed by atoms with Crippen molar-refractivity contribution >= 4 is 11.6 Å². The van der Waals surface area contributed by atoms with Gasteiger partial charge >= 0.3 is 0 Å². The molecule has 1 atom stereocenters. The van der Waals surface area contributed by atoms with Crippen LogP contribution in [0.15, 0.2) is 12.2 Å². The third-order valence-electron chi connectivity index (χ3n) is 1.18. The molecule has 0 aromatic heterocycles. The van der Waals surface area contributed by atoms with Crippen LogP contribution >= 0.6 is 11.6 Å². The van der Waals surface area contributed by atoms with E-state index in [1.807, 2.05) is 0 Å². The largest absolute Gasteiger partial charge is 0.385 e. The van der Waals surface area contributed by atoms with E-state index in [-0.39, 0.29) is 5.88 Å². The lowest BCUT2D eigenvalue weighted by atomic mass is 10.0. The van der Waals surface area contributed by atoms with Crippen molar-refractivity contribution in [3.8, 4) is 0 Å². The van der Waals surface area contributed by atoms with Crippen molar-refractivity contribution in [3.63, 3.8) is 0 Å². The third kappa shape index (κ3) is 1.85. The number of halogens is 1. The number of hydrogen-bond donors (Lipinski definition) is 1. The summed E-state index contributed by atoms with van der Waals surface area (Å²) >= 11 is 5.38. The van der Waals surface area contributed by atoms with Gasteiger partial charge in [0, 0.05) is 0 Å². The maximum Gasteiger partial charge on any atom is 0.0958 e. The lowest BCUT2D eigenvalue weighted by Crippen LogP contribution is -2.26. The summed E-state index contributed by atoms with van der Waals surface area (Å²) in [6.07, 6.45) is 0. The van der Waals surface area contributed by atoms with Crippen LogP contribution in [0.25, 0.3) is 0 Å². The summed E-state index contributed by atoms with van der Waals surface area (Å²) in [5, 5.41) is 9.17. The molecule has 0 saturated heterocycles. The minimum absolute atomic E-state index is 0.211. The quantitative estimate of drug-likeness (QED) is 0.449. The fourth-order valence-electron chi connectivity index (χ4n) is 0.114. The summed E-state index contributed by atoms with van der Waals surface area (Å²) in [4.78, 5) is 0. The normalized spacial score (nSPS) is 17.5. The molecule has 1 unspecified atom stereocenters. The van der Waals surface area contributed by atoms with E-state index in [1.165, 1.54) is 0 Å². The SMILES string of the molecule is C=C(C)C(C)(O)CCl. The standard InChI is InChI=1S/C6H11ClO/c1-5(2)6(3,8)4-7/h8H,1,4H2,2-3H3. The van der Waals surface area contributed by atoms with E-state index in [9.17, 15) is 0 Å². The van der Waals surface area contributed by atoms with E-state index in [0.29, 0.717) is 5.57 Å². The van der Waals surface area contributed by atoms with Crippen LogP contribution in [0.2, 0.25) is 0 Å². The lowest BCUT2D eigenvalue weighted by molar-refractivity contribution is 0.124. The summed E-state index contributed by atoms with van der Waals surface area (Å²) in [6, 6.07) is 0. The molecule has 0 heterocycles. The van der Waals surface area contributed by atoms with E-state index in [4.69, 9.17) is 16.7 Å². The highest BCUT2D eigenvalue weighted by Gasteiger charge is 2.18. The first-order valence-electron chi connectivity index (χ1n) is 2.45. The Balaban J connectivity index is 3.91. The lowest BCUT2D eigenvalue weighted by Gasteiger charge is -2.19. The van der Waals surface area contributed by atoms with Crippen LogP contribution < -0.4 is 0 Å². The molecule has 48 valence electrons. The highest BCUT2D eigenvalue weighted by molar-refractivity contribution is 6.18. The van der Waals surface area contributed by atoms with Crippen molar-refractivity contribution in [1.29, 1.82) is 0 Å². The minimum Gasteiger partial charge on any atom is -0.385 e. The van der Waals surface area contributed by atoms with E-state index < -0.39 is 5.60 Å². The van der Waals surface area contributed by atoms with Crippen molar-refractivity contribution in [2.24, 2.45) is 0 Å². The summed E-state index contributed by atoms with van der Waals surface area (Å²) in [5.74, 6) is 0.211. The Bertz CT molecular complexity index is 96.7. The molecule has 1 N–H and O–H groups in total. The Hall–Kier alpha value is -0.0100. The van der Waals surface area contributed by atoms with Crippen molar-refractivity contribution in [2.45, 2.75) is 19.4 Å². The van der Waals surface area contributed by atoms with Gasteiger partial charge in [0.25, 0.3) is 0 Å². The molecule has 0 aliphatic heterocycles. The minimum atomic E-state index is -0.887. The summed E-state index contributed by atoms with van der Waals surface area (Å²) in [6.45, 7) is 6.96. The van der Waals surface area contributed by atoms with E-state index >= 15 is 0 Å². The van der Waals surface area contributed by atoms with E-state index in [2.05, 4.69) is 6.58 Å². The molecule has 0 saturated carbocycles. The predicted octanol–water partition coefficient (Wildman–Crippen LogP) is 1.55. The second-order valence-corrected chi connectivity index (χ2v) is 2.46. The molecule has 0 aliphatic carbocycles. The Morgan fingerprint density at radius 2 is 2.25 bits per heavy atom. The van der Waals surface area contributed by atoms with Crippen LogP contribution in [0.1, 0.15) is 13.8 Å². The van der Waals surface area contributed by atoms with Crippen LogP contribution in [-0.2, 0) is 0 Å². The maximum absolute atomic E-state index is 9.17. The fraction of sp³-hybridized carbons (Fsp3) is 0.667. The monoisotopic (exact) mass is 134 g/mol. The zero-order valence-electron chi connectivity index (χ0n) is 5.24. The van der Waals surface area contributed by atoms with Gasteiger partial charge in [-0.25, -0.2) is 0 Å². The Morgan fingerprint density at radius 1 is 1.88 bits per heavy atom. The van der Waals surface area contributed by atoms with Gasteiger partial charge < -0.3 is 5.11 Å². The van der Waals surface area contributed by atoms with E-state index in [1.54, 1.807) is 13.8 Å². The molecule has 2 heteroatoms. The number of aliphatic hydroxyl groups is 1. The van der Waals surface area contributed by atoms with Gasteiger partial charge in [-0.3, -0.25) is 0 Å². The average molecular weight is 135 g/mol. The first-order chi connectivity index (χ1) is 3.50. The van der Waals surface area contributed by atoms with Crippen molar-refractivity contribution in [3.05, 3.63) is 12.2 Å². The molecule has 0 radical (unpaired) electrons. The van der Waals surface area contributed by atoms with Crippen molar-refractivity contribution in [1.82, 2.24) is 0 Å². The molecule has 0 aliphatic rings. The molecule has 0 bridgehead atoms. The van der Waals surface area contributed by atoms with Gasteiger partial charge in [0.05, 0.1) is 11.5 Å². The number of rotatable bonds is 2. The summed E-state index contributed by atoms with van der Waals surface area (Å²) in [7, 11) is 0. The van der Waals surface area contributed by atoms with Crippen LogP contribution in [0.5, 0.6) is 0 Å². The van der Waals surface area contributed by atoms with Crippen LogP contribution in [-0.4, -0.2) is 16.6 Å². The first kappa shape index (κ1) is 7.99. The number of hydrogen-bond acceptors (Lipinski definition) is 1. The molecular weight excluding hydrogens is 124 g/mol. The van der Waals surface area contributed by atoms with Crippen molar-refractivity contribution in [2.75, 3.05) is 5.88 Å². The molecule has 0 amide bonds. The fourth-order valence-corrected chi connectivity index (χ4v) is 0.342. The van der Waals surface area contributed by atoms with Gasteiger partial charge in [-0.15, -0.1) is 11.6 Å². The Kier molecular flexibility index (Phi) is 2.51. The molecule has 0 fully saturated rings. The molecule has 0 rings (SSSR count). The van der Waals surface area contributed by atoms with Crippen LogP contribution in [0.3, 0.4) is 0 Å². The van der Waals surface area contributed by atoms with Crippen LogP contribution in [0.4, 0.5) is 0 Å². The molecule has 0 aromatic carbocycles.